The summed E-state index contributed by atoms with van der Waals surface area (Å²) in [6.45, 7) is 0.912. The van der Waals surface area contributed by atoms with E-state index in [1.165, 1.54) is 42.1 Å². The average molecular weight is 406 g/mol. The number of anilines is 1. The van der Waals surface area contributed by atoms with Gasteiger partial charge in [0.2, 0.25) is 0 Å². The number of hydrogen-bond donors (Lipinski definition) is 2. The summed E-state index contributed by atoms with van der Waals surface area (Å²) in [6.07, 6.45) is -3.46. The Morgan fingerprint density at radius 3 is 2.66 bits per heavy atom. The lowest BCUT2D eigenvalue weighted by atomic mass is 10.0. The molecule has 0 aliphatic heterocycles. The van der Waals surface area contributed by atoms with Crippen molar-refractivity contribution in [3.8, 4) is 6.07 Å². The number of hydrogen-bond acceptors (Lipinski definition) is 4. The van der Waals surface area contributed by atoms with Gasteiger partial charge in [-0.2, -0.15) is 18.4 Å². The largest absolute Gasteiger partial charge is 0.417 e. The first-order valence-electron chi connectivity index (χ1n) is 8.27. The number of nitriles is 1. The average Bonchev–Trinajstić information content (AvgIpc) is 3.02. The van der Waals surface area contributed by atoms with Gasteiger partial charge < -0.3 is 15.0 Å². The second kappa shape index (κ2) is 7.18. The van der Waals surface area contributed by atoms with Crippen LogP contribution in [0.2, 0.25) is 0 Å². The molecule has 1 aromatic heterocycles. The fraction of sp³-hybridized carbons (Fsp3) is 0.211. The Kier molecular flexibility index (Phi) is 5.02. The summed E-state index contributed by atoms with van der Waals surface area (Å²) in [5.41, 5.74) is -3.23. The quantitative estimate of drug-likeness (QED) is 0.650. The molecule has 0 saturated carbocycles. The van der Waals surface area contributed by atoms with Crippen LogP contribution in [0.15, 0.2) is 42.7 Å². The lowest BCUT2D eigenvalue weighted by molar-refractivity contribution is -0.138. The highest BCUT2D eigenvalue weighted by molar-refractivity contribution is 5.97. The molecule has 0 unspecified atom stereocenters. The van der Waals surface area contributed by atoms with Crippen LogP contribution in [-0.4, -0.2) is 26.2 Å². The van der Waals surface area contributed by atoms with E-state index in [0.717, 1.165) is 12.1 Å². The van der Waals surface area contributed by atoms with Gasteiger partial charge in [-0.3, -0.25) is 4.79 Å². The van der Waals surface area contributed by atoms with Gasteiger partial charge >= 0.3 is 6.18 Å². The Hall–Kier alpha value is -3.45. The van der Waals surface area contributed by atoms with E-state index in [0.29, 0.717) is 17.1 Å². The zero-order valence-electron chi connectivity index (χ0n) is 15.0. The molecule has 3 aromatic rings. The Balaban J connectivity index is 1.83. The molecule has 0 saturated heterocycles. The minimum absolute atomic E-state index is 0.223. The normalized spacial score (nSPS) is 13.7. The standard InChI is InChI=1S/C19H14F4N4O2/c1-18(29,9-27-10-25-15-6-12(20)3-5-16(15)27)17(28)26-13-4-2-11(8-24)14(7-13)19(21,22)23/h2-7,10,29H,9H2,1H3,(H,26,28)/t18-/m0/s1. The molecule has 1 heterocycles. The molecule has 29 heavy (non-hydrogen) atoms. The number of fused-ring (bicyclic) bond motifs is 1. The van der Waals surface area contributed by atoms with Crippen molar-refractivity contribution in [2.45, 2.75) is 25.2 Å². The molecule has 0 fully saturated rings. The number of alkyl halides is 3. The number of nitrogens with zero attached hydrogens (tertiary/aromatic N) is 3. The van der Waals surface area contributed by atoms with Crippen LogP contribution in [0, 0.1) is 17.1 Å². The summed E-state index contributed by atoms with van der Waals surface area (Å²) in [4.78, 5) is 16.5. The summed E-state index contributed by atoms with van der Waals surface area (Å²) in [5, 5.41) is 21.6. The minimum atomic E-state index is -4.78. The summed E-state index contributed by atoms with van der Waals surface area (Å²) >= 11 is 0. The molecular formula is C19H14F4N4O2. The van der Waals surface area contributed by atoms with Gasteiger partial charge in [-0.05, 0) is 37.3 Å². The molecule has 1 atom stereocenters. The third-order valence-corrected chi connectivity index (χ3v) is 4.25. The lowest BCUT2D eigenvalue weighted by Crippen LogP contribution is -2.43. The highest BCUT2D eigenvalue weighted by Gasteiger charge is 2.35. The van der Waals surface area contributed by atoms with E-state index in [9.17, 15) is 27.5 Å². The molecule has 1 amide bonds. The zero-order chi connectivity index (χ0) is 21.4. The third-order valence-electron chi connectivity index (χ3n) is 4.25. The number of nitrogens with one attached hydrogen (secondary N) is 1. The highest BCUT2D eigenvalue weighted by Crippen LogP contribution is 2.33. The summed E-state index contributed by atoms with van der Waals surface area (Å²) in [5.74, 6) is -1.45. The molecule has 0 aliphatic carbocycles. The van der Waals surface area contributed by atoms with Crippen molar-refractivity contribution in [1.82, 2.24) is 9.55 Å². The van der Waals surface area contributed by atoms with Gasteiger partial charge in [0.25, 0.3) is 5.91 Å². The summed E-state index contributed by atoms with van der Waals surface area (Å²) in [6, 6.07) is 7.97. The van der Waals surface area contributed by atoms with Crippen molar-refractivity contribution in [3.63, 3.8) is 0 Å². The molecule has 10 heteroatoms. The number of carbonyl (C=O) groups excluding carboxylic acids is 1. The van der Waals surface area contributed by atoms with Gasteiger partial charge in [0.05, 0.1) is 41.1 Å². The van der Waals surface area contributed by atoms with Crippen LogP contribution in [-0.2, 0) is 17.5 Å². The van der Waals surface area contributed by atoms with E-state index in [1.807, 2.05) is 0 Å². The van der Waals surface area contributed by atoms with E-state index >= 15 is 0 Å². The first-order chi connectivity index (χ1) is 13.5. The number of aromatic nitrogens is 2. The number of imidazole rings is 1. The molecule has 0 spiro atoms. The van der Waals surface area contributed by atoms with Crippen LogP contribution in [0.5, 0.6) is 0 Å². The van der Waals surface area contributed by atoms with Gasteiger partial charge in [-0.15, -0.1) is 0 Å². The number of rotatable bonds is 4. The van der Waals surface area contributed by atoms with Gasteiger partial charge in [-0.25, -0.2) is 9.37 Å². The van der Waals surface area contributed by atoms with E-state index in [-0.39, 0.29) is 12.2 Å². The number of aliphatic hydroxyl groups is 1. The van der Waals surface area contributed by atoms with E-state index in [4.69, 9.17) is 5.26 Å². The SMILES string of the molecule is C[C@](O)(Cn1cnc2cc(F)ccc21)C(=O)Nc1ccc(C#N)c(C(F)(F)F)c1. The van der Waals surface area contributed by atoms with Crippen LogP contribution in [0.4, 0.5) is 23.2 Å². The van der Waals surface area contributed by atoms with Gasteiger partial charge in [0.1, 0.15) is 5.82 Å². The number of halogens is 4. The molecule has 0 bridgehead atoms. The predicted octanol–water partition coefficient (Wildman–Crippen LogP) is 3.46. The van der Waals surface area contributed by atoms with Crippen LogP contribution >= 0.6 is 0 Å². The van der Waals surface area contributed by atoms with Gasteiger partial charge in [0, 0.05) is 11.8 Å². The molecule has 2 aromatic carbocycles. The van der Waals surface area contributed by atoms with Crippen LogP contribution in [0.25, 0.3) is 11.0 Å². The second-order valence-corrected chi connectivity index (χ2v) is 6.60. The van der Waals surface area contributed by atoms with Crippen LogP contribution in [0.1, 0.15) is 18.1 Å². The smallest absolute Gasteiger partial charge is 0.378 e. The summed E-state index contributed by atoms with van der Waals surface area (Å²) < 4.78 is 53.9. The van der Waals surface area contributed by atoms with Crippen molar-refractivity contribution in [3.05, 3.63) is 59.7 Å². The minimum Gasteiger partial charge on any atom is -0.378 e. The Labute approximate surface area is 162 Å². The molecule has 0 aliphatic rings. The van der Waals surface area contributed by atoms with Crippen molar-refractivity contribution in [2.75, 3.05) is 5.32 Å². The van der Waals surface area contributed by atoms with Crippen molar-refractivity contribution in [2.24, 2.45) is 0 Å². The van der Waals surface area contributed by atoms with Crippen molar-refractivity contribution >= 4 is 22.6 Å². The maximum atomic E-state index is 13.3. The Morgan fingerprint density at radius 1 is 1.28 bits per heavy atom. The van der Waals surface area contributed by atoms with E-state index in [1.54, 1.807) is 0 Å². The van der Waals surface area contributed by atoms with Crippen LogP contribution < -0.4 is 5.32 Å². The molecule has 6 nitrogen and oxygen atoms in total. The molecule has 3 rings (SSSR count). The van der Waals surface area contributed by atoms with Crippen molar-refractivity contribution < 1.29 is 27.5 Å². The molecule has 150 valence electrons. The monoisotopic (exact) mass is 406 g/mol. The number of benzene rings is 2. The molecule has 2 N–H and O–H groups in total. The first kappa shape index (κ1) is 20.3. The zero-order valence-corrected chi connectivity index (χ0v) is 15.0. The maximum Gasteiger partial charge on any atom is 0.417 e. The van der Waals surface area contributed by atoms with Gasteiger partial charge in [-0.1, -0.05) is 0 Å². The van der Waals surface area contributed by atoms with Crippen LogP contribution in [0.3, 0.4) is 0 Å². The van der Waals surface area contributed by atoms with Crippen molar-refractivity contribution in [1.29, 1.82) is 5.26 Å². The Bertz CT molecular complexity index is 1130. The number of carbonyl (C=O) groups is 1. The highest BCUT2D eigenvalue weighted by atomic mass is 19.4. The third kappa shape index (κ3) is 4.20. The second-order valence-electron chi connectivity index (χ2n) is 6.60. The van der Waals surface area contributed by atoms with Gasteiger partial charge in [0.15, 0.2) is 5.60 Å². The lowest BCUT2D eigenvalue weighted by Gasteiger charge is -2.23. The Morgan fingerprint density at radius 2 is 2.00 bits per heavy atom. The summed E-state index contributed by atoms with van der Waals surface area (Å²) in [7, 11) is 0. The predicted molar refractivity (Wildman–Crippen MR) is 95.1 cm³/mol. The molecule has 0 radical (unpaired) electrons. The fourth-order valence-electron chi connectivity index (χ4n) is 2.79. The maximum absolute atomic E-state index is 13.3. The van der Waals surface area contributed by atoms with E-state index < -0.39 is 34.6 Å². The number of amides is 1. The fourth-order valence-corrected chi connectivity index (χ4v) is 2.79. The topological polar surface area (TPSA) is 90.9 Å². The van der Waals surface area contributed by atoms with E-state index in [2.05, 4.69) is 10.3 Å². The molecular weight excluding hydrogens is 392 g/mol. The first-order valence-corrected chi connectivity index (χ1v) is 8.27.